The van der Waals surface area contributed by atoms with Gasteiger partial charge in [-0.05, 0) is 59.7 Å². The first-order valence-electron chi connectivity index (χ1n) is 9.92. The number of nitrogens with zero attached hydrogens (tertiary/aromatic N) is 2. The van der Waals surface area contributed by atoms with Crippen LogP contribution in [0.15, 0.2) is 42.6 Å². The van der Waals surface area contributed by atoms with Crippen molar-refractivity contribution in [3.63, 3.8) is 0 Å². The van der Waals surface area contributed by atoms with Gasteiger partial charge in [-0.15, -0.1) is 0 Å². The molecule has 0 spiro atoms. The number of anilines is 1. The van der Waals surface area contributed by atoms with Gasteiger partial charge in [-0.25, -0.2) is 14.4 Å². The summed E-state index contributed by atoms with van der Waals surface area (Å²) in [6.45, 7) is 9.88. The van der Waals surface area contributed by atoms with E-state index in [0.717, 1.165) is 6.20 Å². The van der Waals surface area contributed by atoms with Gasteiger partial charge >= 0.3 is 18.2 Å². The Balaban J connectivity index is 2.81. The quantitative estimate of drug-likeness (QED) is 0.324. The molecule has 0 fully saturated rings. The van der Waals surface area contributed by atoms with E-state index in [1.54, 1.807) is 71.9 Å². The molecule has 2 aromatic rings. The van der Waals surface area contributed by atoms with Crippen LogP contribution in [-0.2, 0) is 14.2 Å². The second-order valence-corrected chi connectivity index (χ2v) is 8.96. The van der Waals surface area contributed by atoms with Crippen molar-refractivity contribution in [3.8, 4) is 11.3 Å². The van der Waals surface area contributed by atoms with Gasteiger partial charge in [-0.1, -0.05) is 18.2 Å². The predicted octanol–water partition coefficient (Wildman–Crippen LogP) is 4.34. The minimum atomic E-state index is -1.04. The average Bonchev–Trinajstić information content (AvgIpc) is 2.65. The molecule has 1 N–H and O–H groups in total. The fourth-order valence-corrected chi connectivity index (χ4v) is 2.73. The molecule has 0 saturated carbocycles. The van der Waals surface area contributed by atoms with E-state index in [2.05, 4.69) is 0 Å². The topological polar surface area (TPSA) is 106 Å². The van der Waals surface area contributed by atoms with Crippen molar-refractivity contribution >= 4 is 23.8 Å². The molecule has 0 unspecified atom stereocenters. The molecular formula is C23H29N2O7+. The van der Waals surface area contributed by atoms with Crippen LogP contribution in [0.25, 0.3) is 11.3 Å². The van der Waals surface area contributed by atoms with Gasteiger partial charge in [0, 0.05) is 4.73 Å². The second kappa shape index (κ2) is 9.25. The number of carbonyl (C=O) groups is 3. The summed E-state index contributed by atoms with van der Waals surface area (Å²) >= 11 is 0. The van der Waals surface area contributed by atoms with E-state index in [1.807, 2.05) is 0 Å². The maximum Gasteiger partial charge on any atom is 0.424 e. The van der Waals surface area contributed by atoms with E-state index in [4.69, 9.17) is 14.2 Å². The van der Waals surface area contributed by atoms with Gasteiger partial charge in [0.1, 0.15) is 22.5 Å². The summed E-state index contributed by atoms with van der Waals surface area (Å²) in [7, 11) is 1.17. The van der Waals surface area contributed by atoms with Crippen molar-refractivity contribution in [2.75, 3.05) is 12.0 Å². The molecule has 0 aliphatic rings. The van der Waals surface area contributed by atoms with Gasteiger partial charge in [0.05, 0.1) is 12.7 Å². The van der Waals surface area contributed by atoms with Gasteiger partial charge in [0.25, 0.3) is 5.69 Å². The molecule has 1 aromatic carbocycles. The SMILES string of the molecule is COC(=O)c1cc(N(C(=O)OC(C)(C)C)C(=O)OC(C)(C)C)c(-c2ccccc2)[n+](O)c1. The van der Waals surface area contributed by atoms with Crippen molar-refractivity contribution in [2.24, 2.45) is 0 Å². The number of rotatable bonds is 3. The Morgan fingerprint density at radius 1 is 0.906 bits per heavy atom. The number of methoxy groups -OCH3 is 1. The molecule has 0 radical (unpaired) electrons. The van der Waals surface area contributed by atoms with Crippen LogP contribution in [0, 0.1) is 0 Å². The van der Waals surface area contributed by atoms with Gasteiger partial charge in [-0.3, -0.25) is 5.21 Å². The van der Waals surface area contributed by atoms with Crippen molar-refractivity contribution < 1.29 is 38.5 Å². The third-order valence-electron chi connectivity index (χ3n) is 3.89. The number of imide groups is 1. The van der Waals surface area contributed by atoms with E-state index in [0.29, 0.717) is 15.2 Å². The van der Waals surface area contributed by atoms with Crippen LogP contribution in [-0.4, -0.2) is 41.7 Å². The van der Waals surface area contributed by atoms with E-state index in [9.17, 15) is 19.6 Å². The smallest absolute Gasteiger partial charge is 0.424 e. The Kier molecular flexibility index (Phi) is 7.13. The van der Waals surface area contributed by atoms with Crippen LogP contribution < -0.4 is 9.63 Å². The van der Waals surface area contributed by atoms with Crippen molar-refractivity contribution in [1.82, 2.24) is 0 Å². The standard InChI is InChI=1S/C23H29N2O7/c1-22(2,3)31-20(27)25(21(28)32-23(4,5)6)17-13-16(19(26)30-7)14-24(29)18(17)15-11-9-8-10-12-15/h8-14,29H,1-7H3/q+1. The Morgan fingerprint density at radius 2 is 1.41 bits per heavy atom. The lowest BCUT2D eigenvalue weighted by atomic mass is 10.1. The number of aromatic nitrogens is 1. The minimum absolute atomic E-state index is 0.0648. The molecule has 32 heavy (non-hydrogen) atoms. The second-order valence-electron chi connectivity index (χ2n) is 8.96. The van der Waals surface area contributed by atoms with E-state index in [1.165, 1.54) is 13.2 Å². The first kappa shape index (κ1) is 24.6. The largest absolute Gasteiger partial charge is 0.465 e. The van der Waals surface area contributed by atoms with E-state index >= 15 is 0 Å². The highest BCUT2D eigenvalue weighted by Gasteiger charge is 2.38. The number of esters is 1. The van der Waals surface area contributed by atoms with Crippen molar-refractivity contribution in [3.05, 3.63) is 48.2 Å². The van der Waals surface area contributed by atoms with Gasteiger partial charge in [0.15, 0.2) is 0 Å². The van der Waals surface area contributed by atoms with Crippen LogP contribution in [0.4, 0.5) is 15.3 Å². The molecule has 9 heteroatoms. The number of amides is 2. The molecule has 1 heterocycles. The number of pyridine rings is 1. The molecule has 9 nitrogen and oxygen atoms in total. The van der Waals surface area contributed by atoms with Gasteiger partial charge in [-0.2, -0.15) is 4.90 Å². The molecule has 0 aliphatic heterocycles. The summed E-state index contributed by atoms with van der Waals surface area (Å²) in [6, 6.07) is 9.82. The zero-order valence-corrected chi connectivity index (χ0v) is 19.3. The van der Waals surface area contributed by atoms with Gasteiger partial charge in [0.2, 0.25) is 6.20 Å². The Hall–Kier alpha value is -3.62. The number of ether oxygens (including phenoxy) is 3. The maximum absolute atomic E-state index is 13.1. The zero-order valence-electron chi connectivity index (χ0n) is 19.3. The molecule has 1 aromatic heterocycles. The number of hydrogen-bond donors (Lipinski definition) is 1. The fraction of sp³-hybridized carbons (Fsp3) is 0.391. The summed E-state index contributed by atoms with van der Waals surface area (Å²) in [4.78, 5) is 39.1. The molecule has 0 bridgehead atoms. The Morgan fingerprint density at radius 3 is 1.84 bits per heavy atom. The minimum Gasteiger partial charge on any atom is -0.465 e. The normalized spacial score (nSPS) is 11.5. The lowest BCUT2D eigenvalue weighted by Gasteiger charge is -2.28. The molecule has 0 aliphatic carbocycles. The summed E-state index contributed by atoms with van der Waals surface area (Å²) in [6.07, 6.45) is -0.947. The lowest BCUT2D eigenvalue weighted by Crippen LogP contribution is -2.46. The summed E-state index contributed by atoms with van der Waals surface area (Å²) in [5, 5.41) is 10.7. The van der Waals surface area contributed by atoms with Gasteiger partial charge < -0.3 is 14.2 Å². The van der Waals surface area contributed by atoms with E-state index < -0.39 is 29.4 Å². The first-order chi connectivity index (χ1) is 14.7. The Labute approximate surface area is 187 Å². The Bertz CT molecular complexity index is 977. The van der Waals surface area contributed by atoms with Crippen molar-refractivity contribution in [2.45, 2.75) is 52.7 Å². The highest BCUT2D eigenvalue weighted by molar-refractivity contribution is 6.12. The highest BCUT2D eigenvalue weighted by Crippen LogP contribution is 2.31. The summed E-state index contributed by atoms with van der Waals surface area (Å²) in [5.41, 5.74) is -1.54. The number of carbonyl (C=O) groups excluding carboxylic acids is 3. The fourth-order valence-electron chi connectivity index (χ4n) is 2.73. The van der Waals surface area contributed by atoms with Crippen LogP contribution >= 0.6 is 0 Å². The van der Waals surface area contributed by atoms with Crippen LogP contribution in [0.3, 0.4) is 0 Å². The number of benzene rings is 1. The number of hydrogen-bond acceptors (Lipinski definition) is 7. The average molecular weight is 445 g/mol. The molecular weight excluding hydrogens is 416 g/mol. The third-order valence-corrected chi connectivity index (χ3v) is 3.89. The summed E-state index contributed by atoms with van der Waals surface area (Å²) in [5.74, 6) is -0.776. The third kappa shape index (κ3) is 6.19. The lowest BCUT2D eigenvalue weighted by molar-refractivity contribution is -0.895. The van der Waals surface area contributed by atoms with Crippen LogP contribution in [0.5, 0.6) is 0 Å². The van der Waals surface area contributed by atoms with Crippen LogP contribution in [0.2, 0.25) is 0 Å². The van der Waals surface area contributed by atoms with E-state index in [-0.39, 0.29) is 16.9 Å². The van der Waals surface area contributed by atoms with Crippen LogP contribution in [0.1, 0.15) is 51.9 Å². The first-order valence-corrected chi connectivity index (χ1v) is 9.92. The molecule has 2 rings (SSSR count). The molecule has 0 saturated heterocycles. The zero-order chi connectivity index (χ0) is 24.3. The predicted molar refractivity (Wildman–Crippen MR) is 116 cm³/mol. The molecule has 2 amide bonds. The highest BCUT2D eigenvalue weighted by atomic mass is 16.6. The van der Waals surface area contributed by atoms with Crippen molar-refractivity contribution in [1.29, 1.82) is 0 Å². The molecule has 0 atom stereocenters. The molecule has 172 valence electrons. The summed E-state index contributed by atoms with van der Waals surface area (Å²) < 4.78 is 16.2. The maximum atomic E-state index is 13.1. The monoisotopic (exact) mass is 445 g/mol.